The van der Waals surface area contributed by atoms with Gasteiger partial charge in [-0.05, 0) is 35.4 Å². The van der Waals surface area contributed by atoms with Gasteiger partial charge < -0.3 is 4.42 Å². The normalized spacial score (nSPS) is 11.0. The third-order valence-corrected chi connectivity index (χ3v) is 4.25. The monoisotopic (exact) mass is 349 g/mol. The van der Waals surface area contributed by atoms with Crippen molar-refractivity contribution in [2.24, 2.45) is 0 Å². The fourth-order valence-corrected chi connectivity index (χ4v) is 3.10. The van der Waals surface area contributed by atoms with Gasteiger partial charge >= 0.3 is 0 Å². The van der Waals surface area contributed by atoms with Crippen LogP contribution in [0, 0.1) is 0 Å². The lowest BCUT2D eigenvalue weighted by Crippen LogP contribution is -1.82. The van der Waals surface area contributed by atoms with E-state index in [9.17, 15) is 0 Å². The summed E-state index contributed by atoms with van der Waals surface area (Å²) >= 11 is 3.66. The van der Waals surface area contributed by atoms with E-state index in [1.807, 2.05) is 54.6 Å². The Morgan fingerprint density at radius 1 is 0.773 bits per heavy atom. The number of oxazole rings is 1. The lowest BCUT2D eigenvalue weighted by Gasteiger charge is -2.06. The van der Waals surface area contributed by atoms with Crippen LogP contribution in [0.4, 0.5) is 0 Å². The first kappa shape index (κ1) is 13.3. The molecule has 22 heavy (non-hydrogen) atoms. The molecule has 4 aromatic rings. The fourth-order valence-electron chi connectivity index (χ4n) is 2.50. The molecule has 3 heteroatoms. The molecule has 0 unspecified atom stereocenters. The van der Waals surface area contributed by atoms with E-state index in [0.717, 1.165) is 26.7 Å². The zero-order valence-corrected chi connectivity index (χ0v) is 13.2. The molecule has 0 saturated heterocycles. The molecule has 4 rings (SSSR count). The molecule has 0 N–H and O–H groups in total. The van der Waals surface area contributed by atoms with E-state index < -0.39 is 0 Å². The maximum absolute atomic E-state index is 5.82. The van der Waals surface area contributed by atoms with Crippen LogP contribution in [0.15, 0.2) is 81.7 Å². The molecule has 0 bridgehead atoms. The highest BCUT2D eigenvalue weighted by Crippen LogP contribution is 2.33. The van der Waals surface area contributed by atoms with Gasteiger partial charge in [-0.3, -0.25) is 0 Å². The molecule has 1 aromatic heterocycles. The second-order valence-corrected chi connectivity index (χ2v) is 5.90. The van der Waals surface area contributed by atoms with Crippen molar-refractivity contribution in [3.8, 4) is 22.6 Å². The number of halogens is 1. The first-order valence-corrected chi connectivity index (χ1v) is 7.81. The van der Waals surface area contributed by atoms with Gasteiger partial charge in [-0.25, -0.2) is 4.98 Å². The first-order chi connectivity index (χ1) is 10.8. The lowest BCUT2D eigenvalue weighted by atomic mass is 10.0. The third kappa shape index (κ3) is 2.34. The molecule has 1 heterocycles. The van der Waals surface area contributed by atoms with Crippen LogP contribution in [0.3, 0.4) is 0 Å². The molecule has 0 radical (unpaired) electrons. The number of hydrogen-bond acceptors (Lipinski definition) is 2. The molecule has 0 aliphatic heterocycles. The van der Waals surface area contributed by atoms with Gasteiger partial charge in [-0.2, -0.15) is 0 Å². The van der Waals surface area contributed by atoms with Gasteiger partial charge in [0.05, 0.1) is 0 Å². The number of aromatic nitrogens is 1. The molecule has 0 amide bonds. The van der Waals surface area contributed by atoms with Crippen LogP contribution in [0.1, 0.15) is 0 Å². The minimum absolute atomic E-state index is 0.640. The van der Waals surface area contributed by atoms with E-state index in [4.69, 9.17) is 4.42 Å². The van der Waals surface area contributed by atoms with Crippen molar-refractivity contribution in [3.63, 3.8) is 0 Å². The van der Waals surface area contributed by atoms with Gasteiger partial charge in [0.25, 0.3) is 0 Å². The molecular formula is C19H12BrNO. The van der Waals surface area contributed by atoms with Crippen LogP contribution < -0.4 is 0 Å². The predicted octanol–water partition coefficient (Wildman–Crippen LogP) is 5.92. The summed E-state index contributed by atoms with van der Waals surface area (Å²) in [5, 5.41) is 0. The summed E-state index contributed by atoms with van der Waals surface area (Å²) in [4.78, 5) is 4.54. The van der Waals surface area contributed by atoms with Crippen molar-refractivity contribution < 1.29 is 4.42 Å². The number of para-hydroxylation sites is 2. The van der Waals surface area contributed by atoms with Crippen LogP contribution >= 0.6 is 15.9 Å². The number of rotatable bonds is 2. The first-order valence-electron chi connectivity index (χ1n) is 7.02. The van der Waals surface area contributed by atoms with Crippen molar-refractivity contribution in [2.75, 3.05) is 0 Å². The Morgan fingerprint density at radius 3 is 2.32 bits per heavy atom. The number of nitrogens with zero attached hydrogens (tertiary/aromatic N) is 1. The third-order valence-electron chi connectivity index (χ3n) is 3.59. The van der Waals surface area contributed by atoms with Gasteiger partial charge in [-0.15, -0.1) is 0 Å². The number of benzene rings is 3. The van der Waals surface area contributed by atoms with E-state index in [1.54, 1.807) is 0 Å². The fraction of sp³-hybridized carbons (Fsp3) is 0. The summed E-state index contributed by atoms with van der Waals surface area (Å²) in [6.07, 6.45) is 0. The summed E-state index contributed by atoms with van der Waals surface area (Å²) in [5.74, 6) is 0.640. The average Bonchev–Trinajstić information content (AvgIpc) is 2.99. The Bertz CT molecular complexity index is 911. The quantitative estimate of drug-likeness (QED) is 0.448. The Balaban J connectivity index is 1.79. The average molecular weight is 350 g/mol. The Hall–Kier alpha value is -2.39. The molecule has 106 valence electrons. The van der Waals surface area contributed by atoms with Gasteiger partial charge in [0.1, 0.15) is 5.52 Å². The van der Waals surface area contributed by atoms with Crippen molar-refractivity contribution in [3.05, 3.63) is 77.3 Å². The zero-order chi connectivity index (χ0) is 14.9. The molecule has 0 aliphatic carbocycles. The molecular weight excluding hydrogens is 338 g/mol. The molecule has 2 nitrogen and oxygen atoms in total. The van der Waals surface area contributed by atoms with Gasteiger partial charge in [0.15, 0.2) is 5.58 Å². The largest absolute Gasteiger partial charge is 0.436 e. The van der Waals surface area contributed by atoms with E-state index in [-0.39, 0.29) is 0 Å². The second kappa shape index (κ2) is 5.43. The highest BCUT2D eigenvalue weighted by Gasteiger charge is 2.10. The topological polar surface area (TPSA) is 26.0 Å². The summed E-state index contributed by atoms with van der Waals surface area (Å²) in [7, 11) is 0. The van der Waals surface area contributed by atoms with Crippen LogP contribution in [-0.4, -0.2) is 4.98 Å². The number of hydrogen-bond donors (Lipinski definition) is 0. The second-order valence-electron chi connectivity index (χ2n) is 5.05. The van der Waals surface area contributed by atoms with Crippen molar-refractivity contribution in [1.82, 2.24) is 4.98 Å². The molecule has 0 atom stereocenters. The van der Waals surface area contributed by atoms with E-state index in [2.05, 4.69) is 39.1 Å². The van der Waals surface area contributed by atoms with Crippen molar-refractivity contribution in [1.29, 1.82) is 0 Å². The molecule has 0 aliphatic rings. The van der Waals surface area contributed by atoms with Crippen LogP contribution in [0.2, 0.25) is 0 Å². The minimum atomic E-state index is 0.640. The van der Waals surface area contributed by atoms with Crippen molar-refractivity contribution >= 4 is 27.0 Å². The highest BCUT2D eigenvalue weighted by atomic mass is 79.9. The van der Waals surface area contributed by atoms with Crippen LogP contribution in [-0.2, 0) is 0 Å². The predicted molar refractivity (Wildman–Crippen MR) is 92.6 cm³/mol. The Morgan fingerprint density at radius 2 is 1.55 bits per heavy atom. The maximum Gasteiger partial charge on any atom is 0.227 e. The number of fused-ring (bicyclic) bond motifs is 1. The van der Waals surface area contributed by atoms with E-state index in [1.165, 1.54) is 5.56 Å². The summed E-state index contributed by atoms with van der Waals surface area (Å²) in [6, 6.07) is 24.3. The lowest BCUT2D eigenvalue weighted by molar-refractivity contribution is 0.620. The zero-order valence-electron chi connectivity index (χ0n) is 11.7. The highest BCUT2D eigenvalue weighted by molar-refractivity contribution is 9.10. The maximum atomic E-state index is 5.82. The van der Waals surface area contributed by atoms with Gasteiger partial charge in [0.2, 0.25) is 5.89 Å². The molecule has 0 fully saturated rings. The smallest absolute Gasteiger partial charge is 0.227 e. The minimum Gasteiger partial charge on any atom is -0.436 e. The molecule has 3 aromatic carbocycles. The van der Waals surface area contributed by atoms with Crippen molar-refractivity contribution in [2.45, 2.75) is 0 Å². The standard InChI is InChI=1S/C19H12BrNO/c20-16-12-14(10-11-15(16)13-6-2-1-3-7-13)19-21-17-8-4-5-9-18(17)22-19/h1-12H. The summed E-state index contributed by atoms with van der Waals surface area (Å²) in [6.45, 7) is 0. The Kier molecular flexibility index (Phi) is 3.28. The van der Waals surface area contributed by atoms with Crippen LogP contribution in [0.5, 0.6) is 0 Å². The van der Waals surface area contributed by atoms with E-state index in [0.29, 0.717) is 5.89 Å². The van der Waals surface area contributed by atoms with Gasteiger partial charge in [-0.1, -0.05) is 64.5 Å². The van der Waals surface area contributed by atoms with E-state index >= 15 is 0 Å². The molecule has 0 spiro atoms. The Labute approximate surface area is 136 Å². The SMILES string of the molecule is Brc1cc(-c2nc3ccccc3o2)ccc1-c1ccccc1. The van der Waals surface area contributed by atoms with Crippen LogP contribution in [0.25, 0.3) is 33.7 Å². The van der Waals surface area contributed by atoms with Gasteiger partial charge in [0, 0.05) is 10.0 Å². The summed E-state index contributed by atoms with van der Waals surface area (Å²) in [5.41, 5.74) is 4.98. The molecule has 0 saturated carbocycles. The summed E-state index contributed by atoms with van der Waals surface area (Å²) < 4.78 is 6.85.